The minimum atomic E-state index is -0.537. The SMILES string of the molecule is NC(=O)COc1ccc(NC(=O)C2(c3cccc(Cl)c3)CC2)cc1. The third-order valence-corrected chi connectivity index (χ3v) is 4.29. The van der Waals surface area contributed by atoms with E-state index in [0.29, 0.717) is 16.5 Å². The standard InChI is InChI=1S/C18H17ClN2O3/c19-13-3-1-2-12(10-13)18(8-9-18)17(23)21-14-4-6-15(7-5-14)24-11-16(20)22/h1-7,10H,8-9,11H2,(H2,20,22)(H,21,23). The van der Waals surface area contributed by atoms with Gasteiger partial charge in [0.1, 0.15) is 5.75 Å². The largest absolute Gasteiger partial charge is 0.484 e. The van der Waals surface area contributed by atoms with Crippen molar-refractivity contribution in [1.82, 2.24) is 0 Å². The lowest BCUT2D eigenvalue weighted by molar-refractivity contribution is -0.120. The van der Waals surface area contributed by atoms with Gasteiger partial charge >= 0.3 is 0 Å². The van der Waals surface area contributed by atoms with Crippen molar-refractivity contribution in [3.8, 4) is 5.75 Å². The molecule has 0 bridgehead atoms. The molecular formula is C18H17ClN2O3. The average molecular weight is 345 g/mol. The first-order valence-electron chi connectivity index (χ1n) is 7.58. The number of anilines is 1. The molecule has 0 radical (unpaired) electrons. The minimum Gasteiger partial charge on any atom is -0.484 e. The summed E-state index contributed by atoms with van der Waals surface area (Å²) in [6, 6.07) is 14.2. The zero-order valence-corrected chi connectivity index (χ0v) is 13.7. The highest BCUT2D eigenvalue weighted by molar-refractivity contribution is 6.30. The molecule has 0 saturated heterocycles. The molecule has 5 nitrogen and oxygen atoms in total. The van der Waals surface area contributed by atoms with Crippen molar-refractivity contribution < 1.29 is 14.3 Å². The van der Waals surface area contributed by atoms with Gasteiger partial charge in [0.05, 0.1) is 5.41 Å². The molecule has 0 atom stereocenters. The van der Waals surface area contributed by atoms with Gasteiger partial charge in [-0.15, -0.1) is 0 Å². The second-order valence-corrected chi connectivity index (χ2v) is 6.26. The van der Waals surface area contributed by atoms with Gasteiger partial charge in [-0.1, -0.05) is 23.7 Å². The fourth-order valence-electron chi connectivity index (χ4n) is 2.60. The molecule has 1 saturated carbocycles. The second-order valence-electron chi connectivity index (χ2n) is 5.83. The summed E-state index contributed by atoms with van der Waals surface area (Å²) in [6.45, 7) is -0.177. The lowest BCUT2D eigenvalue weighted by atomic mass is 9.95. The Morgan fingerprint density at radius 2 is 1.88 bits per heavy atom. The average Bonchev–Trinajstić information content (AvgIpc) is 3.36. The summed E-state index contributed by atoms with van der Waals surface area (Å²) in [5, 5.41) is 3.55. The molecule has 0 unspecified atom stereocenters. The molecule has 0 aliphatic heterocycles. The van der Waals surface area contributed by atoms with Crippen molar-refractivity contribution in [2.75, 3.05) is 11.9 Å². The molecule has 24 heavy (non-hydrogen) atoms. The molecular weight excluding hydrogens is 328 g/mol. The Bertz CT molecular complexity index is 770. The van der Waals surface area contributed by atoms with Crippen LogP contribution in [0.2, 0.25) is 5.02 Å². The van der Waals surface area contributed by atoms with Gasteiger partial charge in [0, 0.05) is 10.7 Å². The second kappa shape index (κ2) is 6.53. The Balaban J connectivity index is 1.67. The fourth-order valence-corrected chi connectivity index (χ4v) is 2.79. The van der Waals surface area contributed by atoms with Crippen LogP contribution in [0, 0.1) is 0 Å². The van der Waals surface area contributed by atoms with Gasteiger partial charge in [-0.2, -0.15) is 0 Å². The molecule has 3 rings (SSSR count). The van der Waals surface area contributed by atoms with Crippen molar-refractivity contribution in [3.63, 3.8) is 0 Å². The summed E-state index contributed by atoms with van der Waals surface area (Å²) >= 11 is 6.03. The number of carbonyl (C=O) groups is 2. The van der Waals surface area contributed by atoms with Gasteiger partial charge in [0.2, 0.25) is 5.91 Å². The Morgan fingerprint density at radius 1 is 1.17 bits per heavy atom. The van der Waals surface area contributed by atoms with E-state index in [1.165, 1.54) is 0 Å². The number of ether oxygens (including phenoxy) is 1. The first-order valence-corrected chi connectivity index (χ1v) is 7.96. The number of benzene rings is 2. The highest BCUT2D eigenvalue weighted by Gasteiger charge is 2.51. The van der Waals surface area contributed by atoms with Crippen LogP contribution in [0.4, 0.5) is 5.69 Å². The zero-order valence-electron chi connectivity index (χ0n) is 12.9. The lowest BCUT2D eigenvalue weighted by Gasteiger charge is -2.16. The Morgan fingerprint density at radius 3 is 2.46 bits per heavy atom. The monoisotopic (exact) mass is 344 g/mol. The third kappa shape index (κ3) is 3.51. The van der Waals surface area contributed by atoms with Crippen molar-refractivity contribution in [2.45, 2.75) is 18.3 Å². The fraction of sp³-hybridized carbons (Fsp3) is 0.222. The molecule has 1 aliphatic rings. The summed E-state index contributed by atoms with van der Waals surface area (Å²) in [5.41, 5.74) is 6.14. The summed E-state index contributed by atoms with van der Waals surface area (Å²) in [6.07, 6.45) is 1.61. The summed E-state index contributed by atoms with van der Waals surface area (Å²) < 4.78 is 5.19. The first kappa shape index (κ1) is 16.3. The molecule has 2 aromatic carbocycles. The number of hydrogen-bond acceptors (Lipinski definition) is 3. The predicted molar refractivity (Wildman–Crippen MR) is 92.1 cm³/mol. The van der Waals surface area contributed by atoms with E-state index in [2.05, 4.69) is 5.32 Å². The van der Waals surface area contributed by atoms with Crippen LogP contribution in [0.15, 0.2) is 48.5 Å². The van der Waals surface area contributed by atoms with Crippen LogP contribution >= 0.6 is 11.6 Å². The molecule has 1 aliphatic carbocycles. The van der Waals surface area contributed by atoms with Crippen LogP contribution < -0.4 is 15.8 Å². The van der Waals surface area contributed by atoms with Crippen molar-refractivity contribution in [1.29, 1.82) is 0 Å². The van der Waals surface area contributed by atoms with E-state index in [0.717, 1.165) is 18.4 Å². The predicted octanol–water partition coefficient (Wildman–Crippen LogP) is 2.87. The Labute approximate surface area is 144 Å². The maximum Gasteiger partial charge on any atom is 0.255 e. The molecule has 1 fully saturated rings. The molecule has 124 valence electrons. The molecule has 2 aromatic rings. The maximum absolute atomic E-state index is 12.7. The molecule has 2 amide bonds. The normalized spacial score (nSPS) is 14.7. The summed E-state index contributed by atoms with van der Waals surface area (Å²) in [5.74, 6) is -0.0667. The summed E-state index contributed by atoms with van der Waals surface area (Å²) in [4.78, 5) is 23.4. The number of hydrogen-bond donors (Lipinski definition) is 2. The molecule has 0 heterocycles. The number of carbonyl (C=O) groups excluding carboxylic acids is 2. The zero-order chi connectivity index (χ0) is 17.2. The first-order chi connectivity index (χ1) is 11.5. The topological polar surface area (TPSA) is 81.4 Å². The van der Waals surface area contributed by atoms with E-state index in [4.69, 9.17) is 22.1 Å². The van der Waals surface area contributed by atoms with E-state index in [1.807, 2.05) is 18.2 Å². The molecule has 0 spiro atoms. The van der Waals surface area contributed by atoms with E-state index in [-0.39, 0.29) is 12.5 Å². The van der Waals surface area contributed by atoms with Crippen LogP contribution in [0.25, 0.3) is 0 Å². The van der Waals surface area contributed by atoms with Gasteiger partial charge in [-0.3, -0.25) is 9.59 Å². The highest BCUT2D eigenvalue weighted by atomic mass is 35.5. The van der Waals surface area contributed by atoms with Crippen LogP contribution in [-0.4, -0.2) is 18.4 Å². The number of nitrogens with one attached hydrogen (secondary N) is 1. The Kier molecular flexibility index (Phi) is 4.44. The lowest BCUT2D eigenvalue weighted by Crippen LogP contribution is -2.27. The van der Waals surface area contributed by atoms with Crippen molar-refractivity contribution in [2.24, 2.45) is 5.73 Å². The molecule has 6 heteroatoms. The molecule has 3 N–H and O–H groups in total. The maximum atomic E-state index is 12.7. The number of primary amides is 1. The van der Waals surface area contributed by atoms with E-state index in [9.17, 15) is 9.59 Å². The number of nitrogens with two attached hydrogens (primary N) is 1. The Hall–Kier alpha value is -2.53. The van der Waals surface area contributed by atoms with E-state index in [1.54, 1.807) is 30.3 Å². The van der Waals surface area contributed by atoms with E-state index >= 15 is 0 Å². The quantitative estimate of drug-likeness (QED) is 0.845. The molecule has 0 aromatic heterocycles. The van der Waals surface area contributed by atoms with Crippen LogP contribution in [0.3, 0.4) is 0 Å². The third-order valence-electron chi connectivity index (χ3n) is 4.06. The number of rotatable bonds is 6. The number of halogens is 1. The summed E-state index contributed by atoms with van der Waals surface area (Å²) in [7, 11) is 0. The van der Waals surface area contributed by atoms with Crippen molar-refractivity contribution in [3.05, 3.63) is 59.1 Å². The van der Waals surface area contributed by atoms with Gasteiger partial charge in [-0.05, 0) is 54.8 Å². The highest BCUT2D eigenvalue weighted by Crippen LogP contribution is 2.49. The van der Waals surface area contributed by atoms with Crippen LogP contribution in [0.1, 0.15) is 18.4 Å². The van der Waals surface area contributed by atoms with Crippen LogP contribution in [-0.2, 0) is 15.0 Å². The van der Waals surface area contributed by atoms with Gasteiger partial charge in [-0.25, -0.2) is 0 Å². The van der Waals surface area contributed by atoms with Gasteiger partial charge in [0.15, 0.2) is 6.61 Å². The van der Waals surface area contributed by atoms with Gasteiger partial charge < -0.3 is 15.8 Å². The minimum absolute atomic E-state index is 0.0458. The van der Waals surface area contributed by atoms with Crippen LogP contribution in [0.5, 0.6) is 5.75 Å². The van der Waals surface area contributed by atoms with Crippen molar-refractivity contribution >= 4 is 29.1 Å². The van der Waals surface area contributed by atoms with Gasteiger partial charge in [0.25, 0.3) is 5.91 Å². The number of amides is 2. The van der Waals surface area contributed by atoms with E-state index < -0.39 is 11.3 Å². The smallest absolute Gasteiger partial charge is 0.255 e.